The maximum Gasteiger partial charge on any atom is 0.358 e. The fraction of sp³-hybridized carbons (Fsp3) is 0.200. The lowest BCUT2D eigenvalue weighted by atomic mass is 10.1. The number of phenols is 1. The number of aromatic hydroxyl groups is 1. The molecule has 21 heavy (non-hydrogen) atoms. The quantitative estimate of drug-likeness (QED) is 0.826. The molecule has 0 saturated carbocycles. The Morgan fingerprint density at radius 2 is 2.19 bits per heavy atom. The van der Waals surface area contributed by atoms with E-state index in [1.165, 1.54) is 7.11 Å². The molecule has 0 aliphatic heterocycles. The Bertz CT molecular complexity index is 661. The number of nitrogens with one attached hydrogen (secondary N) is 1. The molecule has 110 valence electrons. The van der Waals surface area contributed by atoms with Crippen molar-refractivity contribution in [3.8, 4) is 11.5 Å². The Balaban J connectivity index is 2.12. The van der Waals surface area contributed by atoms with Gasteiger partial charge >= 0.3 is 5.97 Å². The van der Waals surface area contributed by atoms with Gasteiger partial charge in [0, 0.05) is 0 Å². The van der Waals surface area contributed by atoms with Crippen molar-refractivity contribution in [2.45, 2.75) is 6.92 Å². The van der Waals surface area contributed by atoms with E-state index in [-0.39, 0.29) is 11.4 Å². The van der Waals surface area contributed by atoms with E-state index in [9.17, 15) is 9.90 Å². The smallest absolute Gasteiger partial charge is 0.358 e. The SMILES string of the molecule is CCOC(=O)c1cc(C=Cc2ccc(O)c(OC)c2)[nH]n1. The summed E-state index contributed by atoms with van der Waals surface area (Å²) < 4.78 is 9.89. The van der Waals surface area contributed by atoms with Crippen LogP contribution in [0.4, 0.5) is 0 Å². The lowest BCUT2D eigenvalue weighted by Crippen LogP contribution is -2.04. The monoisotopic (exact) mass is 288 g/mol. The molecule has 0 saturated heterocycles. The maximum absolute atomic E-state index is 11.5. The number of esters is 1. The number of aromatic nitrogens is 2. The molecule has 2 rings (SSSR count). The van der Waals surface area contributed by atoms with Crippen molar-refractivity contribution in [2.75, 3.05) is 13.7 Å². The van der Waals surface area contributed by atoms with Crippen molar-refractivity contribution in [2.24, 2.45) is 0 Å². The first kappa shape index (κ1) is 14.6. The number of carbonyl (C=O) groups excluding carboxylic acids is 1. The minimum absolute atomic E-state index is 0.0841. The average molecular weight is 288 g/mol. The second-order valence-corrected chi connectivity index (χ2v) is 4.19. The van der Waals surface area contributed by atoms with Crippen LogP contribution in [-0.4, -0.2) is 35.0 Å². The summed E-state index contributed by atoms with van der Waals surface area (Å²) in [5, 5.41) is 16.1. The van der Waals surface area contributed by atoms with Gasteiger partial charge in [-0.1, -0.05) is 12.1 Å². The van der Waals surface area contributed by atoms with Crippen LogP contribution in [0.15, 0.2) is 24.3 Å². The van der Waals surface area contributed by atoms with Crippen LogP contribution in [-0.2, 0) is 4.74 Å². The van der Waals surface area contributed by atoms with Gasteiger partial charge in [-0.15, -0.1) is 0 Å². The van der Waals surface area contributed by atoms with Crippen LogP contribution in [0.5, 0.6) is 11.5 Å². The molecule has 6 nitrogen and oxygen atoms in total. The second-order valence-electron chi connectivity index (χ2n) is 4.19. The van der Waals surface area contributed by atoms with E-state index < -0.39 is 5.97 Å². The minimum Gasteiger partial charge on any atom is -0.504 e. The van der Waals surface area contributed by atoms with E-state index in [1.54, 1.807) is 37.3 Å². The largest absolute Gasteiger partial charge is 0.504 e. The number of H-pyrrole nitrogens is 1. The highest BCUT2D eigenvalue weighted by atomic mass is 16.5. The molecule has 0 aliphatic rings. The fourth-order valence-electron chi connectivity index (χ4n) is 1.72. The molecule has 0 atom stereocenters. The highest BCUT2D eigenvalue weighted by Crippen LogP contribution is 2.26. The summed E-state index contributed by atoms with van der Waals surface area (Å²) in [4.78, 5) is 11.5. The zero-order chi connectivity index (χ0) is 15.2. The van der Waals surface area contributed by atoms with Gasteiger partial charge in [-0.05, 0) is 36.8 Å². The number of hydrogen-bond donors (Lipinski definition) is 2. The van der Waals surface area contributed by atoms with Gasteiger partial charge in [-0.2, -0.15) is 5.10 Å². The summed E-state index contributed by atoms with van der Waals surface area (Å²) in [6.07, 6.45) is 3.58. The number of carbonyl (C=O) groups is 1. The van der Waals surface area contributed by atoms with E-state index in [0.717, 1.165) is 5.56 Å². The molecule has 1 heterocycles. The molecule has 0 aliphatic carbocycles. The van der Waals surface area contributed by atoms with E-state index in [4.69, 9.17) is 9.47 Å². The predicted molar refractivity (Wildman–Crippen MR) is 78.1 cm³/mol. The van der Waals surface area contributed by atoms with Crippen LogP contribution >= 0.6 is 0 Å². The Morgan fingerprint density at radius 1 is 1.38 bits per heavy atom. The lowest BCUT2D eigenvalue weighted by molar-refractivity contribution is 0.0519. The third kappa shape index (κ3) is 3.62. The van der Waals surface area contributed by atoms with Gasteiger partial charge in [0.05, 0.1) is 19.4 Å². The summed E-state index contributed by atoms with van der Waals surface area (Å²) in [5.74, 6) is 0.0227. The Kier molecular flexibility index (Phi) is 4.61. The summed E-state index contributed by atoms with van der Waals surface area (Å²) >= 11 is 0. The predicted octanol–water partition coefficient (Wildman–Crippen LogP) is 2.47. The Morgan fingerprint density at radius 3 is 2.90 bits per heavy atom. The highest BCUT2D eigenvalue weighted by molar-refractivity contribution is 5.88. The number of ether oxygens (including phenoxy) is 2. The van der Waals surface area contributed by atoms with Crippen molar-refractivity contribution >= 4 is 18.1 Å². The third-order valence-electron chi connectivity index (χ3n) is 2.74. The zero-order valence-corrected chi connectivity index (χ0v) is 11.8. The minimum atomic E-state index is -0.459. The van der Waals surface area contributed by atoms with Crippen molar-refractivity contribution in [1.82, 2.24) is 10.2 Å². The molecule has 0 radical (unpaired) electrons. The lowest BCUT2D eigenvalue weighted by Gasteiger charge is -2.03. The van der Waals surface area contributed by atoms with Crippen molar-refractivity contribution in [3.63, 3.8) is 0 Å². The first-order valence-electron chi connectivity index (χ1n) is 6.41. The Hall–Kier alpha value is -2.76. The number of rotatable bonds is 5. The second kappa shape index (κ2) is 6.60. The molecule has 0 bridgehead atoms. The van der Waals surface area contributed by atoms with E-state index in [1.807, 2.05) is 6.08 Å². The number of benzene rings is 1. The van der Waals surface area contributed by atoms with Gasteiger partial charge in [0.1, 0.15) is 0 Å². The zero-order valence-electron chi connectivity index (χ0n) is 11.8. The number of aromatic amines is 1. The number of methoxy groups -OCH3 is 1. The van der Waals surface area contributed by atoms with Crippen LogP contribution in [0.2, 0.25) is 0 Å². The topological polar surface area (TPSA) is 84.4 Å². The van der Waals surface area contributed by atoms with Gasteiger partial charge in [0.15, 0.2) is 17.2 Å². The number of nitrogens with zero attached hydrogens (tertiary/aromatic N) is 1. The summed E-state index contributed by atoms with van der Waals surface area (Å²) in [7, 11) is 1.49. The average Bonchev–Trinajstić information content (AvgIpc) is 2.95. The van der Waals surface area contributed by atoms with Crippen molar-refractivity contribution in [1.29, 1.82) is 0 Å². The van der Waals surface area contributed by atoms with Gasteiger partial charge in [0.25, 0.3) is 0 Å². The third-order valence-corrected chi connectivity index (χ3v) is 2.74. The maximum atomic E-state index is 11.5. The van der Waals surface area contributed by atoms with Crippen LogP contribution < -0.4 is 4.74 Å². The first-order chi connectivity index (χ1) is 10.1. The molecule has 0 unspecified atom stereocenters. The van der Waals surface area contributed by atoms with Gasteiger partial charge in [0.2, 0.25) is 0 Å². The van der Waals surface area contributed by atoms with Crippen LogP contribution in [0.1, 0.15) is 28.7 Å². The molecular weight excluding hydrogens is 272 g/mol. The molecule has 1 aromatic carbocycles. The first-order valence-corrected chi connectivity index (χ1v) is 6.41. The molecule has 2 aromatic rings. The van der Waals surface area contributed by atoms with Crippen LogP contribution in [0.25, 0.3) is 12.2 Å². The van der Waals surface area contributed by atoms with E-state index in [0.29, 0.717) is 18.1 Å². The Labute approximate surface area is 122 Å². The molecule has 6 heteroatoms. The van der Waals surface area contributed by atoms with Gasteiger partial charge in [-0.3, -0.25) is 5.10 Å². The van der Waals surface area contributed by atoms with Crippen molar-refractivity contribution < 1.29 is 19.4 Å². The van der Waals surface area contributed by atoms with Crippen LogP contribution in [0, 0.1) is 0 Å². The molecule has 0 amide bonds. The highest BCUT2D eigenvalue weighted by Gasteiger charge is 2.09. The van der Waals surface area contributed by atoms with Gasteiger partial charge in [-0.25, -0.2) is 4.79 Å². The van der Waals surface area contributed by atoms with Gasteiger partial charge < -0.3 is 14.6 Å². The molecular formula is C15H16N2O4. The number of phenolic OH excluding ortho intramolecular Hbond substituents is 1. The number of hydrogen-bond acceptors (Lipinski definition) is 5. The molecule has 0 spiro atoms. The fourth-order valence-corrected chi connectivity index (χ4v) is 1.72. The standard InChI is InChI=1S/C15H16N2O4/c1-3-21-15(19)12-9-11(16-17-12)6-4-10-5-7-13(18)14(8-10)20-2/h4-9,18H,3H2,1-2H3,(H,16,17). The normalized spacial score (nSPS) is 10.8. The summed E-state index contributed by atoms with van der Waals surface area (Å²) in [6.45, 7) is 2.05. The van der Waals surface area contributed by atoms with E-state index >= 15 is 0 Å². The summed E-state index contributed by atoms with van der Waals surface area (Å²) in [5.41, 5.74) is 1.75. The molecule has 1 aromatic heterocycles. The van der Waals surface area contributed by atoms with Crippen molar-refractivity contribution in [3.05, 3.63) is 41.2 Å². The van der Waals surface area contributed by atoms with Crippen LogP contribution in [0.3, 0.4) is 0 Å². The molecule has 0 fully saturated rings. The molecule has 2 N–H and O–H groups in total. The van der Waals surface area contributed by atoms with E-state index in [2.05, 4.69) is 10.2 Å². The summed E-state index contributed by atoms with van der Waals surface area (Å²) in [6, 6.07) is 6.60.